The Bertz CT molecular complexity index is 382. The molecule has 0 aliphatic rings. The second-order valence-electron chi connectivity index (χ2n) is 1.90. The van der Waals surface area contributed by atoms with Crippen LogP contribution < -0.4 is 22.9 Å². The van der Waals surface area contributed by atoms with Crippen LogP contribution in [-0.2, 0) is 0 Å². The molecule has 0 aromatic carbocycles. The lowest BCUT2D eigenvalue weighted by molar-refractivity contribution is 0.249. The molecule has 0 bridgehead atoms. The van der Waals surface area contributed by atoms with Crippen LogP contribution >= 0.6 is 0 Å². The predicted molar refractivity (Wildman–Crippen MR) is 40.1 cm³/mol. The highest BCUT2D eigenvalue weighted by Crippen LogP contribution is 1.92. The number of amides is 1. The number of hydrogen-bond acceptors (Lipinski definition) is 6. The van der Waals surface area contributed by atoms with Crippen LogP contribution in [0.5, 0.6) is 0 Å². The van der Waals surface area contributed by atoms with Gasteiger partial charge in [-0.05, 0) is 0 Å². The summed E-state index contributed by atoms with van der Waals surface area (Å²) in [4.78, 5) is 27.9. The van der Waals surface area contributed by atoms with E-state index in [4.69, 9.17) is 17.2 Å². The van der Waals surface area contributed by atoms with E-state index in [0.717, 1.165) is 0 Å². The first-order valence-electron chi connectivity index (χ1n) is 2.84. The molecule has 1 heterocycles. The van der Waals surface area contributed by atoms with Crippen molar-refractivity contribution in [3.63, 3.8) is 0 Å². The molecule has 1 aromatic heterocycles. The second kappa shape index (κ2) is 2.49. The molecule has 6 N–H and O–H groups in total. The molecule has 0 saturated heterocycles. The van der Waals surface area contributed by atoms with Crippen molar-refractivity contribution < 1.29 is 4.79 Å². The Balaban J connectivity index is 3.49. The minimum Gasteiger partial charge on any atom is -0.369 e. The van der Waals surface area contributed by atoms with Crippen LogP contribution in [0.4, 0.5) is 16.7 Å². The number of carbonyl (C=O) groups is 1. The van der Waals surface area contributed by atoms with Gasteiger partial charge in [0, 0.05) is 0 Å². The maximum absolute atomic E-state index is 10.9. The van der Waals surface area contributed by atoms with Crippen LogP contribution in [0.2, 0.25) is 0 Å². The maximum Gasteiger partial charge on any atom is 0.362 e. The summed E-state index contributed by atoms with van der Waals surface area (Å²) in [6.07, 6.45) is 0. The van der Waals surface area contributed by atoms with E-state index in [-0.39, 0.29) is 11.9 Å². The predicted octanol–water partition coefficient (Wildman–Crippen LogP) is -2.27. The van der Waals surface area contributed by atoms with Gasteiger partial charge in [0.15, 0.2) is 0 Å². The lowest BCUT2D eigenvalue weighted by atomic mass is 10.8. The van der Waals surface area contributed by atoms with Gasteiger partial charge in [-0.25, -0.2) is 9.59 Å². The fourth-order valence-electron chi connectivity index (χ4n) is 0.646. The molecule has 64 valence electrons. The summed E-state index contributed by atoms with van der Waals surface area (Å²) in [5.41, 5.74) is 14.1. The van der Waals surface area contributed by atoms with Gasteiger partial charge in [-0.1, -0.05) is 0 Å². The van der Waals surface area contributed by atoms with Gasteiger partial charge in [-0.3, -0.25) is 0 Å². The zero-order chi connectivity index (χ0) is 9.30. The van der Waals surface area contributed by atoms with Crippen molar-refractivity contribution in [3.8, 4) is 0 Å². The molecule has 0 spiro atoms. The third-order valence-electron chi connectivity index (χ3n) is 1.08. The molecule has 0 saturated carbocycles. The Kier molecular flexibility index (Phi) is 1.66. The molecule has 0 fully saturated rings. The summed E-state index contributed by atoms with van der Waals surface area (Å²) in [5, 5.41) is 0. The fraction of sp³-hybridized carbons (Fsp3) is 0. The van der Waals surface area contributed by atoms with Crippen LogP contribution in [0.25, 0.3) is 0 Å². The molecule has 1 aromatic rings. The number of primary amides is 1. The van der Waals surface area contributed by atoms with Crippen LogP contribution in [0.1, 0.15) is 0 Å². The first-order chi connectivity index (χ1) is 5.52. The Morgan fingerprint density at radius 2 is 1.92 bits per heavy atom. The zero-order valence-electron chi connectivity index (χ0n) is 5.89. The van der Waals surface area contributed by atoms with Crippen molar-refractivity contribution in [1.82, 2.24) is 14.5 Å². The minimum atomic E-state index is -1.04. The van der Waals surface area contributed by atoms with Gasteiger partial charge in [0.2, 0.25) is 11.9 Å². The van der Waals surface area contributed by atoms with Crippen LogP contribution in [0, 0.1) is 0 Å². The van der Waals surface area contributed by atoms with E-state index in [2.05, 4.69) is 9.97 Å². The van der Waals surface area contributed by atoms with Crippen LogP contribution in [0.15, 0.2) is 4.79 Å². The van der Waals surface area contributed by atoms with Gasteiger partial charge in [-0.15, -0.1) is 0 Å². The molecule has 0 atom stereocenters. The Morgan fingerprint density at radius 3 is 2.33 bits per heavy atom. The number of hydrogen-bond donors (Lipinski definition) is 3. The quantitative estimate of drug-likeness (QED) is 0.400. The van der Waals surface area contributed by atoms with E-state index < -0.39 is 11.7 Å². The van der Waals surface area contributed by atoms with Crippen LogP contribution in [0.3, 0.4) is 0 Å². The van der Waals surface area contributed by atoms with Gasteiger partial charge in [0.25, 0.3) is 0 Å². The lowest BCUT2D eigenvalue weighted by Crippen LogP contribution is -2.36. The summed E-state index contributed by atoms with van der Waals surface area (Å²) >= 11 is 0. The molecule has 12 heavy (non-hydrogen) atoms. The Hall–Kier alpha value is -2.12. The number of anilines is 2. The molecule has 8 nitrogen and oxygen atoms in total. The average molecular weight is 170 g/mol. The standard InChI is InChI=1S/C4H6N6O2/c5-1-8-2(6)10(3(7)11)4(12)9-1/h(H2,7,11)(H4,5,6,8,9,12). The maximum atomic E-state index is 10.9. The third-order valence-corrected chi connectivity index (χ3v) is 1.08. The average Bonchev–Trinajstić information content (AvgIpc) is 1.82. The van der Waals surface area contributed by atoms with Gasteiger partial charge >= 0.3 is 11.7 Å². The first kappa shape index (κ1) is 7.98. The van der Waals surface area contributed by atoms with Crippen molar-refractivity contribution in [3.05, 3.63) is 10.5 Å². The van der Waals surface area contributed by atoms with Crippen molar-refractivity contribution in [1.29, 1.82) is 0 Å². The molecular weight excluding hydrogens is 164 g/mol. The second-order valence-corrected chi connectivity index (χ2v) is 1.90. The van der Waals surface area contributed by atoms with Crippen molar-refractivity contribution in [2.75, 3.05) is 11.5 Å². The molecular formula is C4H6N6O2. The molecule has 0 aliphatic carbocycles. The lowest BCUT2D eigenvalue weighted by Gasteiger charge is -2.01. The molecule has 1 rings (SSSR count). The molecule has 8 heteroatoms. The summed E-state index contributed by atoms with van der Waals surface area (Å²) in [7, 11) is 0. The van der Waals surface area contributed by atoms with Crippen molar-refractivity contribution >= 4 is 17.9 Å². The van der Waals surface area contributed by atoms with Crippen molar-refractivity contribution in [2.24, 2.45) is 5.73 Å². The van der Waals surface area contributed by atoms with E-state index in [1.165, 1.54) is 0 Å². The molecule has 0 radical (unpaired) electrons. The third kappa shape index (κ3) is 1.17. The van der Waals surface area contributed by atoms with E-state index in [1.807, 2.05) is 0 Å². The zero-order valence-corrected chi connectivity index (χ0v) is 5.89. The minimum absolute atomic E-state index is 0.296. The molecule has 1 amide bonds. The highest BCUT2D eigenvalue weighted by molar-refractivity contribution is 5.77. The Morgan fingerprint density at radius 1 is 1.33 bits per heavy atom. The summed E-state index contributed by atoms with van der Waals surface area (Å²) < 4.78 is 0.413. The normalized spacial score (nSPS) is 9.67. The number of nitrogen functional groups attached to an aromatic ring is 2. The SMILES string of the molecule is NC(=O)n1c(N)nc(N)nc1=O. The number of carbonyl (C=O) groups excluding carboxylic acids is 1. The highest BCUT2D eigenvalue weighted by Gasteiger charge is 2.09. The van der Waals surface area contributed by atoms with Gasteiger partial charge in [0.1, 0.15) is 0 Å². The van der Waals surface area contributed by atoms with E-state index >= 15 is 0 Å². The van der Waals surface area contributed by atoms with Crippen LogP contribution in [-0.4, -0.2) is 20.6 Å². The molecule has 0 aliphatic heterocycles. The smallest absolute Gasteiger partial charge is 0.362 e. The highest BCUT2D eigenvalue weighted by atomic mass is 16.2. The van der Waals surface area contributed by atoms with Gasteiger partial charge in [-0.2, -0.15) is 14.5 Å². The van der Waals surface area contributed by atoms with Gasteiger partial charge < -0.3 is 17.2 Å². The number of aromatic nitrogens is 3. The fourth-order valence-corrected chi connectivity index (χ4v) is 0.646. The largest absolute Gasteiger partial charge is 0.369 e. The monoisotopic (exact) mass is 170 g/mol. The number of nitrogens with two attached hydrogens (primary N) is 3. The first-order valence-corrected chi connectivity index (χ1v) is 2.84. The Labute approximate surface area is 66.0 Å². The number of rotatable bonds is 0. The van der Waals surface area contributed by atoms with Crippen molar-refractivity contribution in [2.45, 2.75) is 0 Å². The number of nitrogens with zero attached hydrogens (tertiary/aromatic N) is 3. The molecule has 0 unspecified atom stereocenters. The summed E-state index contributed by atoms with van der Waals surface area (Å²) in [6.45, 7) is 0. The summed E-state index contributed by atoms with van der Waals surface area (Å²) in [5.74, 6) is -0.671. The summed E-state index contributed by atoms with van der Waals surface area (Å²) in [6, 6.07) is -1.04. The van der Waals surface area contributed by atoms with Gasteiger partial charge in [0.05, 0.1) is 0 Å². The van der Waals surface area contributed by atoms with E-state index in [1.54, 1.807) is 0 Å². The topological polar surface area (TPSA) is 143 Å². The van der Waals surface area contributed by atoms with E-state index in [0.29, 0.717) is 4.57 Å². The van der Waals surface area contributed by atoms with E-state index in [9.17, 15) is 9.59 Å².